The molecule has 0 amide bonds. The van der Waals surface area contributed by atoms with E-state index in [1.807, 2.05) is 0 Å². The molecule has 0 spiro atoms. The molecule has 0 aromatic carbocycles. The first-order valence-electron chi connectivity index (χ1n) is 6.83. The molecule has 0 saturated heterocycles. The van der Waals surface area contributed by atoms with Crippen molar-refractivity contribution in [2.75, 3.05) is 0 Å². The van der Waals surface area contributed by atoms with Crippen molar-refractivity contribution in [3.05, 3.63) is 11.3 Å². The summed E-state index contributed by atoms with van der Waals surface area (Å²) in [5.41, 5.74) is 2.40. The van der Waals surface area contributed by atoms with Crippen molar-refractivity contribution in [3.8, 4) is 0 Å². The summed E-state index contributed by atoms with van der Waals surface area (Å²) in [7, 11) is 0. The zero-order valence-corrected chi connectivity index (χ0v) is 10.3. The van der Waals surface area contributed by atoms with Crippen molar-refractivity contribution >= 4 is 5.78 Å². The number of rotatable bonds is 4. The average molecular weight is 221 g/mol. The average Bonchev–Trinajstić information content (AvgIpc) is 2.30. The van der Waals surface area contributed by atoms with Gasteiger partial charge >= 0.3 is 0 Å². The quantitative estimate of drug-likeness (QED) is 0.738. The fourth-order valence-electron chi connectivity index (χ4n) is 2.84. The molecule has 2 rings (SSSR count). The Morgan fingerprint density at radius 2 is 2.12 bits per heavy atom. The van der Waals surface area contributed by atoms with Gasteiger partial charge in [0.1, 0.15) is 0 Å². The molecule has 90 valence electrons. The fraction of sp³-hybridized carbons (Fsp3) is 0.786. The lowest BCUT2D eigenvalue weighted by Crippen LogP contribution is -2.36. The summed E-state index contributed by atoms with van der Waals surface area (Å²) in [5.74, 6) is 0.403. The summed E-state index contributed by atoms with van der Waals surface area (Å²) >= 11 is 0. The molecular weight excluding hydrogens is 198 g/mol. The van der Waals surface area contributed by atoms with Crippen LogP contribution in [0.15, 0.2) is 11.3 Å². The number of allylic oxidation sites excluding steroid dienone is 2. The molecule has 0 aromatic rings. The maximum absolute atomic E-state index is 11.7. The lowest BCUT2D eigenvalue weighted by molar-refractivity contribution is -0.116. The highest BCUT2D eigenvalue weighted by molar-refractivity contribution is 5.96. The van der Waals surface area contributed by atoms with E-state index < -0.39 is 0 Å². The van der Waals surface area contributed by atoms with Gasteiger partial charge in [0.25, 0.3) is 0 Å². The predicted octanol–water partition coefficient (Wildman–Crippen LogP) is 3.33. The summed E-state index contributed by atoms with van der Waals surface area (Å²) in [6, 6.07) is 0.635. The predicted molar refractivity (Wildman–Crippen MR) is 66.2 cm³/mol. The van der Waals surface area contributed by atoms with Crippen molar-refractivity contribution in [1.29, 1.82) is 0 Å². The Labute approximate surface area is 98.5 Å². The van der Waals surface area contributed by atoms with Crippen LogP contribution in [0.4, 0.5) is 0 Å². The van der Waals surface area contributed by atoms with Crippen molar-refractivity contribution < 1.29 is 4.79 Å². The van der Waals surface area contributed by atoms with Crippen LogP contribution in [0.2, 0.25) is 0 Å². The molecule has 2 heteroatoms. The van der Waals surface area contributed by atoms with Crippen LogP contribution < -0.4 is 5.32 Å². The van der Waals surface area contributed by atoms with Gasteiger partial charge in [0.2, 0.25) is 0 Å². The van der Waals surface area contributed by atoms with Crippen molar-refractivity contribution in [3.63, 3.8) is 0 Å². The molecule has 1 aliphatic carbocycles. The Morgan fingerprint density at radius 3 is 2.94 bits per heavy atom. The van der Waals surface area contributed by atoms with Crippen LogP contribution in [0.25, 0.3) is 0 Å². The fourth-order valence-corrected chi connectivity index (χ4v) is 2.84. The Kier molecular flexibility index (Phi) is 4.03. The Morgan fingerprint density at radius 1 is 1.25 bits per heavy atom. The standard InChI is InChI=1S/C14H23NO/c1-2-3-4-6-11-9-10-12-13(15-11)7-5-8-14(12)16/h11,15H,2-10H2,1H3/t11-/m0/s1. The molecule has 1 N–H and O–H groups in total. The number of carbonyl (C=O) groups is 1. The molecule has 16 heavy (non-hydrogen) atoms. The number of hydrogen-bond donors (Lipinski definition) is 1. The largest absolute Gasteiger partial charge is 0.385 e. The second kappa shape index (κ2) is 5.51. The summed E-state index contributed by atoms with van der Waals surface area (Å²) in [4.78, 5) is 11.7. The van der Waals surface area contributed by atoms with E-state index in [9.17, 15) is 4.79 Å². The molecule has 1 aliphatic heterocycles. The van der Waals surface area contributed by atoms with Crippen LogP contribution in [0.5, 0.6) is 0 Å². The van der Waals surface area contributed by atoms with Crippen LogP contribution in [0, 0.1) is 0 Å². The first kappa shape index (κ1) is 11.7. The normalized spacial score (nSPS) is 25.3. The molecule has 2 nitrogen and oxygen atoms in total. The van der Waals surface area contributed by atoms with Crippen LogP contribution in [0.1, 0.15) is 64.7 Å². The Hall–Kier alpha value is -0.790. The highest BCUT2D eigenvalue weighted by Crippen LogP contribution is 2.29. The van der Waals surface area contributed by atoms with Crippen molar-refractivity contribution in [2.45, 2.75) is 70.8 Å². The summed E-state index contributed by atoms with van der Waals surface area (Å²) in [5, 5.41) is 3.60. The summed E-state index contributed by atoms with van der Waals surface area (Å²) in [6.45, 7) is 2.24. The van der Waals surface area contributed by atoms with Gasteiger partial charge < -0.3 is 5.32 Å². The molecule has 0 unspecified atom stereocenters. The van der Waals surface area contributed by atoms with E-state index in [1.54, 1.807) is 0 Å². The van der Waals surface area contributed by atoms with Gasteiger partial charge in [-0.1, -0.05) is 26.2 Å². The van der Waals surface area contributed by atoms with E-state index in [1.165, 1.54) is 31.4 Å². The molecule has 0 radical (unpaired) electrons. The number of ketones is 1. The zero-order valence-electron chi connectivity index (χ0n) is 10.3. The molecular formula is C14H23NO. The van der Waals surface area contributed by atoms with Gasteiger partial charge in [-0.2, -0.15) is 0 Å². The number of carbonyl (C=O) groups excluding carboxylic acids is 1. The smallest absolute Gasteiger partial charge is 0.160 e. The van der Waals surface area contributed by atoms with Crippen LogP contribution in [-0.2, 0) is 4.79 Å². The minimum atomic E-state index is 0.403. The monoisotopic (exact) mass is 221 g/mol. The minimum Gasteiger partial charge on any atom is -0.385 e. The third-order valence-corrected chi connectivity index (χ3v) is 3.81. The molecule has 0 bridgehead atoms. The third-order valence-electron chi connectivity index (χ3n) is 3.81. The van der Waals surface area contributed by atoms with Gasteiger partial charge in [-0.15, -0.1) is 0 Å². The van der Waals surface area contributed by atoms with E-state index in [0.717, 1.165) is 37.7 Å². The maximum Gasteiger partial charge on any atom is 0.160 e. The summed E-state index contributed by atoms with van der Waals surface area (Å²) < 4.78 is 0. The van der Waals surface area contributed by atoms with E-state index >= 15 is 0 Å². The molecule has 0 saturated carbocycles. The van der Waals surface area contributed by atoms with Crippen LogP contribution in [-0.4, -0.2) is 11.8 Å². The number of Topliss-reactive ketones (excluding diaryl/α,β-unsaturated/α-hetero) is 1. The first-order chi connectivity index (χ1) is 7.81. The Balaban J connectivity index is 1.88. The first-order valence-corrected chi connectivity index (χ1v) is 6.83. The van der Waals surface area contributed by atoms with Crippen LogP contribution >= 0.6 is 0 Å². The molecule has 1 heterocycles. The second-order valence-electron chi connectivity index (χ2n) is 5.11. The number of nitrogens with one attached hydrogen (secondary N) is 1. The topological polar surface area (TPSA) is 29.1 Å². The van der Waals surface area contributed by atoms with Gasteiger partial charge in [0, 0.05) is 23.7 Å². The van der Waals surface area contributed by atoms with Gasteiger partial charge in [-0.25, -0.2) is 0 Å². The van der Waals surface area contributed by atoms with Crippen molar-refractivity contribution in [1.82, 2.24) is 5.32 Å². The van der Waals surface area contributed by atoms with E-state index in [4.69, 9.17) is 0 Å². The minimum absolute atomic E-state index is 0.403. The highest BCUT2D eigenvalue weighted by atomic mass is 16.1. The van der Waals surface area contributed by atoms with Crippen LogP contribution in [0.3, 0.4) is 0 Å². The molecule has 1 atom stereocenters. The highest BCUT2D eigenvalue weighted by Gasteiger charge is 2.26. The molecule has 0 aromatic heterocycles. The maximum atomic E-state index is 11.7. The summed E-state index contributed by atoms with van der Waals surface area (Å²) in [6.07, 6.45) is 10.3. The Bertz CT molecular complexity index is 293. The van der Waals surface area contributed by atoms with Gasteiger partial charge in [-0.05, 0) is 32.1 Å². The SMILES string of the molecule is CCCCC[C@H]1CCC2=C(CCCC2=O)N1. The van der Waals surface area contributed by atoms with Crippen molar-refractivity contribution in [2.24, 2.45) is 0 Å². The number of unbranched alkanes of at least 4 members (excludes halogenated alkanes) is 2. The van der Waals surface area contributed by atoms with Gasteiger partial charge in [0.05, 0.1) is 0 Å². The molecule has 2 aliphatic rings. The third kappa shape index (κ3) is 2.66. The zero-order chi connectivity index (χ0) is 11.4. The van der Waals surface area contributed by atoms with E-state index in [2.05, 4.69) is 12.2 Å². The lowest BCUT2D eigenvalue weighted by Gasteiger charge is -2.31. The lowest BCUT2D eigenvalue weighted by atomic mass is 9.86. The molecule has 0 fully saturated rings. The second-order valence-corrected chi connectivity index (χ2v) is 5.11. The van der Waals surface area contributed by atoms with E-state index in [-0.39, 0.29) is 0 Å². The van der Waals surface area contributed by atoms with E-state index in [0.29, 0.717) is 11.8 Å². The van der Waals surface area contributed by atoms with Gasteiger partial charge in [-0.3, -0.25) is 4.79 Å². The van der Waals surface area contributed by atoms with Gasteiger partial charge in [0.15, 0.2) is 5.78 Å². The number of hydrogen-bond acceptors (Lipinski definition) is 2.